The summed E-state index contributed by atoms with van der Waals surface area (Å²) >= 11 is 11.8. The zero-order chi connectivity index (χ0) is 14.3. The first-order valence-electron chi connectivity index (χ1n) is 5.69. The number of amides is 1. The highest BCUT2D eigenvalue weighted by molar-refractivity contribution is 6.43. The maximum atomic E-state index is 11.6. The number of rotatable bonds is 5. The van der Waals surface area contributed by atoms with Crippen molar-refractivity contribution < 1.29 is 4.79 Å². The topological polar surface area (TPSA) is 64.9 Å². The molecule has 1 rings (SSSR count). The lowest BCUT2D eigenvalue weighted by atomic mass is 10.2. The molecule has 0 fully saturated rings. The molecule has 0 bridgehead atoms. The Morgan fingerprint density at radius 3 is 2.84 bits per heavy atom. The summed E-state index contributed by atoms with van der Waals surface area (Å²) in [5, 5.41) is 15.1. The lowest BCUT2D eigenvalue weighted by molar-refractivity contribution is -0.117. The molecule has 0 saturated carbocycles. The molecule has 4 nitrogen and oxygen atoms in total. The van der Waals surface area contributed by atoms with Gasteiger partial charge in [0.2, 0.25) is 0 Å². The molecule has 0 spiro atoms. The first kappa shape index (κ1) is 15.4. The average molecular weight is 298 g/mol. The fourth-order valence-electron chi connectivity index (χ4n) is 1.25. The summed E-state index contributed by atoms with van der Waals surface area (Å²) in [5.41, 5.74) is 0.509. The number of hydrogen-bond donors (Lipinski definition) is 2. The van der Waals surface area contributed by atoms with Crippen LogP contribution in [0.2, 0.25) is 10.0 Å². The number of hydrogen-bond acceptors (Lipinski definition) is 3. The highest BCUT2D eigenvalue weighted by Gasteiger charge is 2.08. The van der Waals surface area contributed by atoms with Crippen LogP contribution in [0, 0.1) is 11.3 Å². The van der Waals surface area contributed by atoms with Gasteiger partial charge in [-0.2, -0.15) is 5.26 Å². The smallest absolute Gasteiger partial charge is 0.263 e. The van der Waals surface area contributed by atoms with Gasteiger partial charge in [0.05, 0.1) is 15.7 Å². The fraction of sp³-hybridized carbons (Fsp3) is 0.231. The average Bonchev–Trinajstić information content (AvgIpc) is 2.41. The number of carbonyl (C=O) groups is 1. The van der Waals surface area contributed by atoms with Crippen molar-refractivity contribution in [1.82, 2.24) is 5.32 Å². The molecule has 0 aliphatic heterocycles. The van der Waals surface area contributed by atoms with Gasteiger partial charge in [-0.1, -0.05) is 36.2 Å². The number of nitrogens with one attached hydrogen (secondary N) is 2. The second-order valence-electron chi connectivity index (χ2n) is 3.67. The van der Waals surface area contributed by atoms with Gasteiger partial charge in [0, 0.05) is 12.7 Å². The Kier molecular flexibility index (Phi) is 6.20. The molecule has 6 heteroatoms. The molecule has 1 aromatic rings. The number of nitrogens with zero attached hydrogens (tertiary/aromatic N) is 1. The van der Waals surface area contributed by atoms with Crippen molar-refractivity contribution in [2.45, 2.75) is 13.3 Å². The molecule has 0 aliphatic carbocycles. The van der Waals surface area contributed by atoms with Gasteiger partial charge in [0.15, 0.2) is 0 Å². The van der Waals surface area contributed by atoms with Crippen LogP contribution in [-0.2, 0) is 4.79 Å². The van der Waals surface area contributed by atoms with E-state index in [-0.39, 0.29) is 5.57 Å². The van der Waals surface area contributed by atoms with Crippen molar-refractivity contribution in [1.29, 1.82) is 5.26 Å². The van der Waals surface area contributed by atoms with E-state index in [1.54, 1.807) is 18.2 Å². The van der Waals surface area contributed by atoms with Crippen molar-refractivity contribution in [3.05, 3.63) is 40.0 Å². The molecule has 19 heavy (non-hydrogen) atoms. The number of anilines is 1. The number of benzene rings is 1. The Bertz CT molecular complexity index is 535. The normalized spacial score (nSPS) is 10.7. The lowest BCUT2D eigenvalue weighted by Crippen LogP contribution is -2.25. The van der Waals surface area contributed by atoms with E-state index in [4.69, 9.17) is 28.5 Å². The molecule has 0 aromatic heterocycles. The fourth-order valence-corrected chi connectivity index (χ4v) is 1.60. The minimum absolute atomic E-state index is 0.0236. The Labute approximate surface area is 122 Å². The number of carbonyl (C=O) groups excluding carboxylic acids is 1. The zero-order valence-corrected chi connectivity index (χ0v) is 11.8. The van der Waals surface area contributed by atoms with Crippen LogP contribution in [0.1, 0.15) is 13.3 Å². The van der Waals surface area contributed by atoms with Crippen molar-refractivity contribution in [3.8, 4) is 6.07 Å². The van der Waals surface area contributed by atoms with Gasteiger partial charge in [-0.25, -0.2) is 0 Å². The SMILES string of the molecule is CCCNC(=O)/C(C#N)=C\Nc1cccc(Cl)c1Cl. The standard InChI is InChI=1S/C13H13Cl2N3O/c1-2-6-17-13(19)9(7-16)8-18-11-5-3-4-10(14)12(11)15/h3-5,8,18H,2,6H2,1H3,(H,17,19)/b9-8-. The van der Waals surface area contributed by atoms with Crippen LogP contribution in [0.5, 0.6) is 0 Å². The van der Waals surface area contributed by atoms with Gasteiger partial charge >= 0.3 is 0 Å². The Morgan fingerprint density at radius 1 is 1.47 bits per heavy atom. The number of halogens is 2. The van der Waals surface area contributed by atoms with Crippen molar-refractivity contribution in [2.75, 3.05) is 11.9 Å². The molecule has 2 N–H and O–H groups in total. The molecule has 100 valence electrons. The summed E-state index contributed by atoms with van der Waals surface area (Å²) < 4.78 is 0. The monoisotopic (exact) mass is 297 g/mol. The highest BCUT2D eigenvalue weighted by Crippen LogP contribution is 2.29. The van der Waals surface area contributed by atoms with E-state index < -0.39 is 5.91 Å². The van der Waals surface area contributed by atoms with Crippen LogP contribution >= 0.6 is 23.2 Å². The molecule has 0 aliphatic rings. The second kappa shape index (κ2) is 7.67. The highest BCUT2D eigenvalue weighted by atomic mass is 35.5. The molecule has 0 atom stereocenters. The molecule has 0 heterocycles. The Hall–Kier alpha value is -1.70. The van der Waals surface area contributed by atoms with Gasteiger partial charge < -0.3 is 10.6 Å². The molecular formula is C13H13Cl2N3O. The molecule has 1 aromatic carbocycles. The van der Waals surface area contributed by atoms with E-state index in [0.717, 1.165) is 6.42 Å². The van der Waals surface area contributed by atoms with Crippen molar-refractivity contribution >= 4 is 34.8 Å². The summed E-state index contributed by atoms with van der Waals surface area (Å²) in [6, 6.07) is 6.89. The molecular weight excluding hydrogens is 285 g/mol. The van der Waals surface area contributed by atoms with E-state index in [9.17, 15) is 4.79 Å². The van der Waals surface area contributed by atoms with E-state index in [1.165, 1.54) is 6.20 Å². The van der Waals surface area contributed by atoms with Crippen molar-refractivity contribution in [2.24, 2.45) is 0 Å². The minimum atomic E-state index is -0.421. The Balaban J connectivity index is 2.81. The van der Waals surface area contributed by atoms with Crippen LogP contribution in [0.4, 0.5) is 5.69 Å². The van der Waals surface area contributed by atoms with Gasteiger partial charge in [0.25, 0.3) is 5.91 Å². The van der Waals surface area contributed by atoms with Crippen LogP contribution in [-0.4, -0.2) is 12.5 Å². The van der Waals surface area contributed by atoms with Gasteiger partial charge in [-0.05, 0) is 18.6 Å². The van der Waals surface area contributed by atoms with E-state index >= 15 is 0 Å². The number of nitriles is 1. The predicted octanol–water partition coefficient (Wildman–Crippen LogP) is 3.34. The third-order valence-corrected chi connectivity index (χ3v) is 3.04. The van der Waals surface area contributed by atoms with E-state index in [0.29, 0.717) is 22.3 Å². The predicted molar refractivity (Wildman–Crippen MR) is 77.1 cm³/mol. The summed E-state index contributed by atoms with van der Waals surface area (Å²) in [6.45, 7) is 2.45. The first-order chi connectivity index (χ1) is 9.10. The second-order valence-corrected chi connectivity index (χ2v) is 4.46. The molecule has 0 radical (unpaired) electrons. The minimum Gasteiger partial charge on any atom is -0.359 e. The third-order valence-electron chi connectivity index (χ3n) is 2.22. The molecule has 0 unspecified atom stereocenters. The lowest BCUT2D eigenvalue weighted by Gasteiger charge is -2.06. The summed E-state index contributed by atoms with van der Waals surface area (Å²) in [7, 11) is 0. The van der Waals surface area contributed by atoms with E-state index in [2.05, 4.69) is 10.6 Å². The first-order valence-corrected chi connectivity index (χ1v) is 6.44. The maximum absolute atomic E-state index is 11.6. The van der Waals surface area contributed by atoms with Crippen LogP contribution in [0.15, 0.2) is 30.0 Å². The Morgan fingerprint density at radius 2 is 2.21 bits per heavy atom. The van der Waals surface area contributed by atoms with Crippen LogP contribution < -0.4 is 10.6 Å². The van der Waals surface area contributed by atoms with Gasteiger partial charge in [-0.3, -0.25) is 4.79 Å². The van der Waals surface area contributed by atoms with Gasteiger partial charge in [-0.15, -0.1) is 0 Å². The maximum Gasteiger partial charge on any atom is 0.263 e. The van der Waals surface area contributed by atoms with Crippen LogP contribution in [0.3, 0.4) is 0 Å². The van der Waals surface area contributed by atoms with Crippen LogP contribution in [0.25, 0.3) is 0 Å². The zero-order valence-electron chi connectivity index (χ0n) is 10.3. The molecule has 0 saturated heterocycles. The van der Waals surface area contributed by atoms with E-state index in [1.807, 2.05) is 13.0 Å². The third kappa shape index (κ3) is 4.47. The summed E-state index contributed by atoms with van der Waals surface area (Å²) in [6.07, 6.45) is 2.11. The van der Waals surface area contributed by atoms with Gasteiger partial charge in [0.1, 0.15) is 11.6 Å². The largest absolute Gasteiger partial charge is 0.359 e. The summed E-state index contributed by atoms with van der Waals surface area (Å²) in [4.78, 5) is 11.6. The summed E-state index contributed by atoms with van der Waals surface area (Å²) in [5.74, 6) is -0.421. The van der Waals surface area contributed by atoms with Crippen molar-refractivity contribution in [3.63, 3.8) is 0 Å². The molecule has 1 amide bonds. The quantitative estimate of drug-likeness (QED) is 0.647.